The number of para-hydroxylation sites is 1. The van der Waals surface area contributed by atoms with Crippen molar-refractivity contribution in [3.8, 4) is 5.69 Å². The zero-order valence-corrected chi connectivity index (χ0v) is 18.8. The standard InChI is InChI=1S/C23H18ClN3O4S/c1-14-11-17(15(2)26(14)19-9-7-18(24)8-10-19)12-21-22(28)25(23(29)32-21)13-16-5-3-4-6-20(16)27(30)31/h3-12H,13H2,1-2H3/b21-12+. The van der Waals surface area contributed by atoms with Crippen LogP contribution in [0.25, 0.3) is 11.8 Å². The van der Waals surface area contributed by atoms with E-state index in [4.69, 9.17) is 11.6 Å². The topological polar surface area (TPSA) is 85.5 Å². The maximum Gasteiger partial charge on any atom is 0.293 e. The van der Waals surface area contributed by atoms with Gasteiger partial charge in [0.15, 0.2) is 0 Å². The molecule has 32 heavy (non-hydrogen) atoms. The number of nitro groups is 1. The lowest BCUT2D eigenvalue weighted by molar-refractivity contribution is -0.385. The largest absolute Gasteiger partial charge is 0.318 e. The number of rotatable bonds is 5. The van der Waals surface area contributed by atoms with Crippen molar-refractivity contribution in [3.63, 3.8) is 0 Å². The lowest BCUT2D eigenvalue weighted by Crippen LogP contribution is -2.27. The van der Waals surface area contributed by atoms with Crippen molar-refractivity contribution in [3.05, 3.63) is 97.2 Å². The summed E-state index contributed by atoms with van der Waals surface area (Å²) in [6.07, 6.45) is 1.69. The van der Waals surface area contributed by atoms with Gasteiger partial charge >= 0.3 is 0 Å². The van der Waals surface area contributed by atoms with Crippen LogP contribution in [-0.4, -0.2) is 25.5 Å². The molecule has 0 bridgehead atoms. The molecule has 0 atom stereocenters. The summed E-state index contributed by atoms with van der Waals surface area (Å²) in [7, 11) is 0. The summed E-state index contributed by atoms with van der Waals surface area (Å²) in [4.78, 5) is 37.5. The summed E-state index contributed by atoms with van der Waals surface area (Å²) in [5, 5.41) is 11.5. The number of hydrogen-bond acceptors (Lipinski definition) is 5. The van der Waals surface area contributed by atoms with Crippen LogP contribution < -0.4 is 0 Å². The van der Waals surface area contributed by atoms with E-state index in [0.717, 1.165) is 39.3 Å². The number of benzene rings is 2. The average Bonchev–Trinajstić information content (AvgIpc) is 3.18. The maximum atomic E-state index is 12.9. The highest BCUT2D eigenvalue weighted by atomic mass is 35.5. The molecule has 2 aromatic carbocycles. The number of halogens is 1. The van der Waals surface area contributed by atoms with Gasteiger partial charge in [0.1, 0.15) is 0 Å². The van der Waals surface area contributed by atoms with Gasteiger partial charge in [-0.1, -0.05) is 29.8 Å². The van der Waals surface area contributed by atoms with Crippen molar-refractivity contribution >= 4 is 46.3 Å². The molecular formula is C23H18ClN3O4S. The molecule has 0 radical (unpaired) electrons. The normalized spacial score (nSPS) is 15.1. The number of nitrogens with zero attached hydrogens (tertiary/aromatic N) is 3. The van der Waals surface area contributed by atoms with Gasteiger partial charge in [-0.15, -0.1) is 0 Å². The van der Waals surface area contributed by atoms with Gasteiger partial charge in [-0.2, -0.15) is 0 Å². The minimum Gasteiger partial charge on any atom is -0.318 e. The smallest absolute Gasteiger partial charge is 0.293 e. The molecule has 9 heteroatoms. The second kappa shape index (κ2) is 8.64. The van der Waals surface area contributed by atoms with E-state index in [-0.39, 0.29) is 17.1 Å². The lowest BCUT2D eigenvalue weighted by atomic mass is 10.1. The number of aryl methyl sites for hydroxylation is 1. The molecule has 1 fully saturated rings. The third kappa shape index (κ3) is 4.06. The van der Waals surface area contributed by atoms with Crippen LogP contribution in [0.2, 0.25) is 5.02 Å². The number of nitro benzene ring substituents is 1. The first-order valence-corrected chi connectivity index (χ1v) is 10.9. The number of thioether (sulfide) groups is 1. The van der Waals surface area contributed by atoms with E-state index >= 15 is 0 Å². The first kappa shape index (κ1) is 21.9. The van der Waals surface area contributed by atoms with Gasteiger partial charge in [-0.3, -0.25) is 24.6 Å². The van der Waals surface area contributed by atoms with Crippen molar-refractivity contribution in [2.75, 3.05) is 0 Å². The Balaban J connectivity index is 1.63. The van der Waals surface area contributed by atoms with Crippen molar-refractivity contribution in [2.24, 2.45) is 0 Å². The molecule has 0 N–H and O–H groups in total. The molecule has 1 aliphatic heterocycles. The van der Waals surface area contributed by atoms with Gasteiger partial charge in [-0.05, 0) is 67.6 Å². The first-order valence-electron chi connectivity index (χ1n) is 9.69. The van der Waals surface area contributed by atoms with E-state index in [0.29, 0.717) is 10.6 Å². The van der Waals surface area contributed by atoms with Crippen molar-refractivity contribution in [2.45, 2.75) is 20.4 Å². The third-order valence-corrected chi connectivity index (χ3v) is 6.39. The number of carbonyl (C=O) groups excluding carboxylic acids is 2. The Hall–Kier alpha value is -3.36. The van der Waals surface area contributed by atoms with Gasteiger partial charge < -0.3 is 4.57 Å². The number of amides is 2. The molecule has 1 aliphatic rings. The molecule has 7 nitrogen and oxygen atoms in total. The van der Waals surface area contributed by atoms with Crippen LogP contribution in [0.15, 0.2) is 59.5 Å². The number of aromatic nitrogens is 1. The highest BCUT2D eigenvalue weighted by Gasteiger charge is 2.36. The molecule has 2 amide bonds. The fourth-order valence-corrected chi connectivity index (χ4v) is 4.65. The highest BCUT2D eigenvalue weighted by molar-refractivity contribution is 8.18. The summed E-state index contributed by atoms with van der Waals surface area (Å²) in [6, 6.07) is 15.5. The lowest BCUT2D eigenvalue weighted by Gasteiger charge is -2.12. The summed E-state index contributed by atoms with van der Waals surface area (Å²) in [5.41, 5.74) is 3.82. The monoisotopic (exact) mass is 467 g/mol. The summed E-state index contributed by atoms with van der Waals surface area (Å²) >= 11 is 6.83. The molecule has 0 saturated carbocycles. The summed E-state index contributed by atoms with van der Waals surface area (Å²) in [6.45, 7) is 3.74. The van der Waals surface area contributed by atoms with Crippen LogP contribution in [0.3, 0.4) is 0 Å². The minimum atomic E-state index is -0.518. The molecule has 1 aromatic heterocycles. The Morgan fingerprint density at radius 3 is 2.47 bits per heavy atom. The third-order valence-electron chi connectivity index (χ3n) is 5.23. The van der Waals surface area contributed by atoms with E-state index in [1.165, 1.54) is 6.07 Å². The minimum absolute atomic E-state index is 0.123. The average molecular weight is 468 g/mol. The molecule has 2 heterocycles. The summed E-state index contributed by atoms with van der Waals surface area (Å²) in [5.74, 6) is -0.463. The van der Waals surface area contributed by atoms with Gasteiger partial charge in [0, 0.05) is 33.7 Å². The molecule has 162 valence electrons. The number of hydrogen-bond donors (Lipinski definition) is 0. The van der Waals surface area contributed by atoms with Crippen LogP contribution >= 0.6 is 23.4 Å². The summed E-state index contributed by atoms with van der Waals surface area (Å²) < 4.78 is 2.04. The second-order valence-electron chi connectivity index (χ2n) is 7.29. The molecule has 0 spiro atoms. The second-order valence-corrected chi connectivity index (χ2v) is 8.72. The van der Waals surface area contributed by atoms with Gasteiger partial charge in [-0.25, -0.2) is 0 Å². The molecule has 3 aromatic rings. The van der Waals surface area contributed by atoms with Crippen molar-refractivity contribution in [1.82, 2.24) is 9.47 Å². The molecule has 0 aliphatic carbocycles. The molecule has 1 saturated heterocycles. The van der Waals surface area contributed by atoms with Crippen molar-refractivity contribution in [1.29, 1.82) is 0 Å². The van der Waals surface area contributed by atoms with Gasteiger partial charge in [0.05, 0.1) is 16.4 Å². The maximum absolute atomic E-state index is 12.9. The van der Waals surface area contributed by atoms with E-state index in [1.54, 1.807) is 24.3 Å². The molecule has 4 rings (SSSR count). The Morgan fingerprint density at radius 1 is 1.09 bits per heavy atom. The van der Waals surface area contributed by atoms with Crippen LogP contribution in [0.1, 0.15) is 22.5 Å². The Labute approximate surface area is 193 Å². The van der Waals surface area contributed by atoms with E-state index < -0.39 is 16.1 Å². The quantitative estimate of drug-likeness (QED) is 0.265. The molecule has 0 unspecified atom stereocenters. The predicted octanol–water partition coefficient (Wildman–Crippen LogP) is 5.89. The SMILES string of the molecule is Cc1cc(/C=C2/SC(=O)N(Cc3ccccc3[N+](=O)[O-])C2=O)c(C)n1-c1ccc(Cl)cc1. The zero-order valence-electron chi connectivity index (χ0n) is 17.2. The van der Waals surface area contributed by atoms with Gasteiger partial charge in [0.25, 0.3) is 16.8 Å². The van der Waals surface area contributed by atoms with E-state index in [9.17, 15) is 19.7 Å². The number of carbonyl (C=O) groups is 2. The van der Waals surface area contributed by atoms with Crippen LogP contribution in [-0.2, 0) is 11.3 Å². The van der Waals surface area contributed by atoms with Crippen molar-refractivity contribution < 1.29 is 14.5 Å². The predicted molar refractivity (Wildman–Crippen MR) is 125 cm³/mol. The first-order chi connectivity index (χ1) is 15.3. The fraction of sp³-hybridized carbons (Fsp3) is 0.130. The van der Waals surface area contributed by atoms with Crippen LogP contribution in [0.5, 0.6) is 0 Å². The Bertz CT molecular complexity index is 1280. The fourth-order valence-electron chi connectivity index (χ4n) is 3.69. The molecular weight excluding hydrogens is 450 g/mol. The zero-order chi connectivity index (χ0) is 23.0. The number of imide groups is 1. The van der Waals surface area contributed by atoms with Crippen LogP contribution in [0.4, 0.5) is 10.5 Å². The van der Waals surface area contributed by atoms with E-state index in [1.807, 2.05) is 48.7 Å². The van der Waals surface area contributed by atoms with Gasteiger partial charge in [0.2, 0.25) is 0 Å². The highest BCUT2D eigenvalue weighted by Crippen LogP contribution is 2.35. The Morgan fingerprint density at radius 2 is 1.78 bits per heavy atom. The van der Waals surface area contributed by atoms with E-state index in [2.05, 4.69) is 0 Å². The van der Waals surface area contributed by atoms with Crippen LogP contribution in [0, 0.1) is 24.0 Å². The Kier molecular flexibility index (Phi) is 5.90.